The molecule has 21 heavy (non-hydrogen) atoms. The van der Waals surface area contributed by atoms with Crippen molar-refractivity contribution in [3.8, 4) is 0 Å². The largest absolute Gasteiger partial charge is 0.360 e. The zero-order valence-electron chi connectivity index (χ0n) is 12.6. The fourth-order valence-corrected chi connectivity index (χ4v) is 2.73. The van der Waals surface area contributed by atoms with Crippen molar-refractivity contribution in [2.75, 3.05) is 5.32 Å². The molecule has 0 aliphatic heterocycles. The van der Waals surface area contributed by atoms with Gasteiger partial charge in [-0.1, -0.05) is 26.0 Å². The molecule has 0 amide bonds. The minimum absolute atomic E-state index is 0.407. The molecule has 0 bridgehead atoms. The maximum atomic E-state index is 8.21. The number of aromatic nitrogens is 1. The summed E-state index contributed by atoms with van der Waals surface area (Å²) < 4.78 is 0. The predicted octanol–water partition coefficient (Wildman–Crippen LogP) is 4.33. The summed E-state index contributed by atoms with van der Waals surface area (Å²) in [4.78, 5) is 4.10. The Bertz CT molecular complexity index is 634. The molecule has 3 rings (SSSR count). The Kier molecular flexibility index (Phi) is 3.50. The van der Waals surface area contributed by atoms with Gasteiger partial charge in [0.2, 0.25) is 0 Å². The van der Waals surface area contributed by atoms with Gasteiger partial charge in [0.25, 0.3) is 0 Å². The van der Waals surface area contributed by atoms with Crippen LogP contribution in [0.1, 0.15) is 26.7 Å². The summed E-state index contributed by atoms with van der Waals surface area (Å²) in [6, 6.07) is 3.87. The van der Waals surface area contributed by atoms with Gasteiger partial charge in [-0.3, -0.25) is 4.98 Å². The van der Waals surface area contributed by atoms with E-state index in [9.17, 15) is 0 Å². The molecule has 1 saturated carbocycles. The number of hydrogen-bond donors (Lipinski definition) is 2. The SMILES string of the molecule is CC(C1=CC=CC(=N)/C1=C\Nc1cccnc1)C1(C)CC1. The van der Waals surface area contributed by atoms with E-state index in [0.29, 0.717) is 17.0 Å². The third-order valence-corrected chi connectivity index (χ3v) is 4.74. The van der Waals surface area contributed by atoms with Crippen LogP contribution in [0.3, 0.4) is 0 Å². The fourth-order valence-electron chi connectivity index (χ4n) is 2.73. The highest BCUT2D eigenvalue weighted by molar-refractivity contribution is 6.11. The lowest BCUT2D eigenvalue weighted by Crippen LogP contribution is -2.18. The highest BCUT2D eigenvalue weighted by Crippen LogP contribution is 2.55. The van der Waals surface area contributed by atoms with Crippen LogP contribution < -0.4 is 5.32 Å². The Morgan fingerprint density at radius 2 is 2.24 bits per heavy atom. The van der Waals surface area contributed by atoms with Crippen LogP contribution in [-0.2, 0) is 0 Å². The molecule has 0 spiro atoms. The van der Waals surface area contributed by atoms with E-state index < -0.39 is 0 Å². The highest BCUT2D eigenvalue weighted by atomic mass is 14.9. The lowest BCUT2D eigenvalue weighted by atomic mass is 9.79. The number of allylic oxidation sites excluding steroid dienone is 5. The van der Waals surface area contributed by atoms with E-state index in [1.165, 1.54) is 18.4 Å². The molecule has 1 unspecified atom stereocenters. The smallest absolute Gasteiger partial charge is 0.0629 e. The Hall–Kier alpha value is -2.16. The van der Waals surface area contributed by atoms with Crippen LogP contribution in [0.5, 0.6) is 0 Å². The predicted molar refractivity (Wildman–Crippen MR) is 87.4 cm³/mol. The van der Waals surface area contributed by atoms with Gasteiger partial charge in [0.05, 0.1) is 17.6 Å². The second-order valence-electron chi connectivity index (χ2n) is 6.21. The van der Waals surface area contributed by atoms with Crippen molar-refractivity contribution < 1.29 is 0 Å². The number of nitrogens with zero attached hydrogens (tertiary/aromatic N) is 1. The molecule has 108 valence electrons. The van der Waals surface area contributed by atoms with Gasteiger partial charge in [0.1, 0.15) is 0 Å². The van der Waals surface area contributed by atoms with Gasteiger partial charge < -0.3 is 10.7 Å². The zero-order chi connectivity index (χ0) is 14.9. The van der Waals surface area contributed by atoms with Crippen LogP contribution in [-0.4, -0.2) is 10.7 Å². The number of anilines is 1. The molecular weight excluding hydrogens is 258 g/mol. The average Bonchev–Trinajstić information content (AvgIpc) is 3.25. The summed E-state index contributed by atoms with van der Waals surface area (Å²) in [5, 5.41) is 11.5. The molecule has 2 N–H and O–H groups in total. The van der Waals surface area contributed by atoms with Crippen LogP contribution in [0, 0.1) is 16.7 Å². The standard InChI is InChI=1S/C18H21N3/c1-13(18(2)8-9-18)15-6-3-7-17(19)16(15)12-21-14-5-4-10-20-11-14/h3-7,10-13,19,21H,8-9H2,1-2H3/b16-12-,19-17?. The van der Waals surface area contributed by atoms with E-state index in [1.54, 1.807) is 12.4 Å². The third kappa shape index (κ3) is 2.82. The molecule has 1 fully saturated rings. The van der Waals surface area contributed by atoms with Crippen molar-refractivity contribution in [3.63, 3.8) is 0 Å². The van der Waals surface area contributed by atoms with Gasteiger partial charge in [-0.15, -0.1) is 0 Å². The normalized spacial score (nSPS) is 22.9. The molecule has 2 aliphatic carbocycles. The first-order chi connectivity index (χ1) is 10.1. The molecular formula is C18H21N3. The molecule has 0 aromatic carbocycles. The molecule has 3 nitrogen and oxygen atoms in total. The summed E-state index contributed by atoms with van der Waals surface area (Å²) in [6.07, 6.45) is 14.0. The molecule has 1 atom stereocenters. The lowest BCUT2D eigenvalue weighted by molar-refractivity contribution is 0.423. The van der Waals surface area contributed by atoms with E-state index >= 15 is 0 Å². The first-order valence-electron chi connectivity index (χ1n) is 7.44. The maximum absolute atomic E-state index is 8.21. The number of hydrogen-bond acceptors (Lipinski definition) is 3. The number of rotatable bonds is 4. The van der Waals surface area contributed by atoms with Crippen molar-refractivity contribution in [3.05, 3.63) is 60.1 Å². The van der Waals surface area contributed by atoms with E-state index in [0.717, 1.165) is 11.3 Å². The van der Waals surface area contributed by atoms with Crippen LogP contribution in [0.2, 0.25) is 0 Å². The number of nitrogens with one attached hydrogen (secondary N) is 2. The Labute approximate surface area is 126 Å². The minimum atomic E-state index is 0.407. The molecule has 0 saturated heterocycles. The van der Waals surface area contributed by atoms with E-state index in [-0.39, 0.29) is 0 Å². The van der Waals surface area contributed by atoms with Crippen molar-refractivity contribution in [1.82, 2.24) is 4.98 Å². The minimum Gasteiger partial charge on any atom is -0.360 e. The van der Waals surface area contributed by atoms with E-state index in [4.69, 9.17) is 5.41 Å². The van der Waals surface area contributed by atoms with Crippen LogP contribution in [0.4, 0.5) is 5.69 Å². The summed E-state index contributed by atoms with van der Waals surface area (Å²) in [6.45, 7) is 4.62. The topological polar surface area (TPSA) is 48.8 Å². The Morgan fingerprint density at radius 3 is 2.90 bits per heavy atom. The van der Waals surface area contributed by atoms with Crippen molar-refractivity contribution in [2.45, 2.75) is 26.7 Å². The van der Waals surface area contributed by atoms with Crippen LogP contribution in [0.25, 0.3) is 0 Å². The second-order valence-corrected chi connectivity index (χ2v) is 6.21. The summed E-state index contributed by atoms with van der Waals surface area (Å²) in [5.41, 5.74) is 4.17. The average molecular weight is 279 g/mol. The van der Waals surface area contributed by atoms with Gasteiger partial charge in [0, 0.05) is 18.0 Å². The van der Waals surface area contributed by atoms with Gasteiger partial charge in [0.15, 0.2) is 0 Å². The second kappa shape index (κ2) is 5.32. The molecule has 2 aliphatic rings. The first kappa shape index (κ1) is 13.8. The van der Waals surface area contributed by atoms with Gasteiger partial charge in [-0.25, -0.2) is 0 Å². The number of pyridine rings is 1. The monoisotopic (exact) mass is 279 g/mol. The highest BCUT2D eigenvalue weighted by Gasteiger charge is 2.44. The van der Waals surface area contributed by atoms with Gasteiger partial charge in [-0.05, 0) is 48.0 Å². The van der Waals surface area contributed by atoms with Crippen molar-refractivity contribution in [2.24, 2.45) is 11.3 Å². The van der Waals surface area contributed by atoms with Crippen LogP contribution in [0.15, 0.2) is 60.1 Å². The Morgan fingerprint density at radius 1 is 1.43 bits per heavy atom. The van der Waals surface area contributed by atoms with Crippen molar-refractivity contribution >= 4 is 11.4 Å². The lowest BCUT2D eigenvalue weighted by Gasteiger charge is -2.26. The fraction of sp³-hybridized carbons (Fsp3) is 0.333. The maximum Gasteiger partial charge on any atom is 0.0629 e. The zero-order valence-corrected chi connectivity index (χ0v) is 12.6. The Balaban J connectivity index is 1.85. The van der Waals surface area contributed by atoms with E-state index in [2.05, 4.69) is 30.2 Å². The molecule has 0 radical (unpaired) electrons. The molecule has 3 heteroatoms. The molecule has 1 aromatic rings. The summed E-state index contributed by atoms with van der Waals surface area (Å²) in [7, 11) is 0. The van der Waals surface area contributed by atoms with Gasteiger partial charge >= 0.3 is 0 Å². The summed E-state index contributed by atoms with van der Waals surface area (Å²) >= 11 is 0. The van der Waals surface area contributed by atoms with E-state index in [1.807, 2.05) is 30.5 Å². The van der Waals surface area contributed by atoms with Gasteiger partial charge in [-0.2, -0.15) is 0 Å². The molecule has 1 heterocycles. The third-order valence-electron chi connectivity index (χ3n) is 4.74. The quantitative estimate of drug-likeness (QED) is 0.861. The van der Waals surface area contributed by atoms with Crippen LogP contribution >= 0.6 is 0 Å². The summed E-state index contributed by atoms with van der Waals surface area (Å²) in [5.74, 6) is 0.477. The first-order valence-corrected chi connectivity index (χ1v) is 7.44. The molecule has 1 aromatic heterocycles. The van der Waals surface area contributed by atoms with Crippen molar-refractivity contribution in [1.29, 1.82) is 5.41 Å².